The van der Waals surface area contributed by atoms with E-state index in [1.54, 1.807) is 14.2 Å². The molecule has 0 amide bonds. The first kappa shape index (κ1) is 21.3. The van der Waals surface area contributed by atoms with Crippen molar-refractivity contribution < 1.29 is 14.2 Å². The topological polar surface area (TPSA) is 64.1 Å². The number of ether oxygens (including phenoxy) is 3. The fraction of sp³-hybridized carbons (Fsp3) is 0.632. The van der Waals surface area contributed by atoms with Crippen molar-refractivity contribution in [2.24, 2.45) is 4.99 Å². The quantitative estimate of drug-likeness (QED) is 0.343. The van der Waals surface area contributed by atoms with Crippen molar-refractivity contribution in [3.63, 3.8) is 0 Å². The lowest BCUT2D eigenvalue weighted by Gasteiger charge is -2.13. The highest BCUT2D eigenvalue weighted by Gasteiger charge is 2.04. The third-order valence-electron chi connectivity index (χ3n) is 3.62. The summed E-state index contributed by atoms with van der Waals surface area (Å²) in [5, 5.41) is 6.64. The molecule has 0 saturated heterocycles. The van der Waals surface area contributed by atoms with Gasteiger partial charge >= 0.3 is 0 Å². The summed E-state index contributed by atoms with van der Waals surface area (Å²) in [6, 6.07) is 6.26. The summed E-state index contributed by atoms with van der Waals surface area (Å²) < 4.78 is 15.8. The molecule has 0 aromatic heterocycles. The van der Waals surface area contributed by atoms with E-state index in [-0.39, 0.29) is 0 Å². The predicted molar refractivity (Wildman–Crippen MR) is 103 cm³/mol. The monoisotopic (exact) mass is 351 g/mol. The fourth-order valence-electron chi connectivity index (χ4n) is 2.36. The molecule has 6 heteroatoms. The molecule has 0 saturated carbocycles. The molecule has 1 aromatic carbocycles. The molecule has 0 aliphatic carbocycles. The number of aryl methyl sites for hydroxylation is 1. The number of aliphatic imine (C=N–C) groups is 1. The Balaban J connectivity index is 2.37. The first-order chi connectivity index (χ1) is 12.2. The van der Waals surface area contributed by atoms with E-state index >= 15 is 0 Å². The maximum absolute atomic E-state index is 5.44. The van der Waals surface area contributed by atoms with Crippen LogP contribution in [0.2, 0.25) is 0 Å². The molecule has 6 nitrogen and oxygen atoms in total. The highest BCUT2D eigenvalue weighted by molar-refractivity contribution is 5.79. The summed E-state index contributed by atoms with van der Waals surface area (Å²) in [6.45, 7) is 8.50. The van der Waals surface area contributed by atoms with Crippen LogP contribution in [0.4, 0.5) is 0 Å². The number of methoxy groups -OCH3 is 2. The Bertz CT molecular complexity index is 507. The zero-order valence-corrected chi connectivity index (χ0v) is 16.1. The van der Waals surface area contributed by atoms with Crippen LogP contribution in [0.3, 0.4) is 0 Å². The minimum Gasteiger partial charge on any atom is -0.496 e. The largest absolute Gasteiger partial charge is 0.496 e. The number of rotatable bonds is 12. The molecule has 0 radical (unpaired) electrons. The molecular weight excluding hydrogens is 318 g/mol. The molecule has 0 aliphatic heterocycles. The van der Waals surface area contributed by atoms with Gasteiger partial charge in [0.05, 0.1) is 20.3 Å². The van der Waals surface area contributed by atoms with E-state index in [0.717, 1.165) is 44.2 Å². The van der Waals surface area contributed by atoms with Gasteiger partial charge in [0, 0.05) is 33.4 Å². The van der Waals surface area contributed by atoms with Gasteiger partial charge in [0.1, 0.15) is 5.75 Å². The lowest BCUT2D eigenvalue weighted by Crippen LogP contribution is -2.38. The Morgan fingerprint density at radius 2 is 1.96 bits per heavy atom. The number of benzene rings is 1. The van der Waals surface area contributed by atoms with Crippen LogP contribution >= 0.6 is 0 Å². The second-order valence-corrected chi connectivity index (χ2v) is 5.71. The molecule has 0 unspecified atom stereocenters. The Hall–Kier alpha value is -1.79. The van der Waals surface area contributed by atoms with Gasteiger partial charge in [0.2, 0.25) is 0 Å². The van der Waals surface area contributed by atoms with Crippen molar-refractivity contribution in [3.05, 3.63) is 29.3 Å². The first-order valence-corrected chi connectivity index (χ1v) is 8.93. The van der Waals surface area contributed by atoms with Crippen molar-refractivity contribution in [1.82, 2.24) is 10.6 Å². The van der Waals surface area contributed by atoms with Gasteiger partial charge in [0.15, 0.2) is 5.96 Å². The zero-order chi connectivity index (χ0) is 18.3. The number of nitrogens with zero attached hydrogens (tertiary/aromatic N) is 1. The third-order valence-corrected chi connectivity index (χ3v) is 3.62. The molecule has 142 valence electrons. The van der Waals surface area contributed by atoms with Crippen LogP contribution in [0.5, 0.6) is 5.75 Å². The van der Waals surface area contributed by atoms with Gasteiger partial charge < -0.3 is 24.8 Å². The van der Waals surface area contributed by atoms with Crippen molar-refractivity contribution in [3.8, 4) is 5.75 Å². The molecule has 2 N–H and O–H groups in total. The van der Waals surface area contributed by atoms with E-state index in [1.807, 2.05) is 6.07 Å². The van der Waals surface area contributed by atoms with E-state index in [4.69, 9.17) is 14.2 Å². The summed E-state index contributed by atoms with van der Waals surface area (Å²) in [6.07, 6.45) is 1.78. The predicted octanol–water partition coefficient (Wildman–Crippen LogP) is 2.15. The van der Waals surface area contributed by atoms with Crippen molar-refractivity contribution in [1.29, 1.82) is 0 Å². The van der Waals surface area contributed by atoms with Crippen LogP contribution in [-0.4, -0.2) is 59.6 Å². The maximum atomic E-state index is 5.44. The molecule has 0 heterocycles. The number of hydrogen-bond donors (Lipinski definition) is 2. The average Bonchev–Trinajstić information content (AvgIpc) is 2.61. The maximum Gasteiger partial charge on any atom is 0.191 e. The van der Waals surface area contributed by atoms with Crippen LogP contribution in [0, 0.1) is 6.92 Å². The van der Waals surface area contributed by atoms with E-state index in [1.165, 1.54) is 11.1 Å². The molecule has 1 rings (SSSR count). The minimum atomic E-state index is 0.635. The summed E-state index contributed by atoms with van der Waals surface area (Å²) in [5.74, 6) is 1.77. The Labute approximate surface area is 152 Å². The highest BCUT2D eigenvalue weighted by Crippen LogP contribution is 2.19. The number of nitrogens with one attached hydrogen (secondary N) is 2. The van der Waals surface area contributed by atoms with E-state index < -0.39 is 0 Å². The molecule has 0 fully saturated rings. The summed E-state index contributed by atoms with van der Waals surface area (Å²) in [5.41, 5.74) is 2.45. The van der Waals surface area contributed by atoms with Crippen LogP contribution in [0.25, 0.3) is 0 Å². The molecular formula is C19H33N3O3. The molecule has 0 atom stereocenters. The Morgan fingerprint density at radius 3 is 2.68 bits per heavy atom. The van der Waals surface area contributed by atoms with Crippen molar-refractivity contribution in [2.75, 3.05) is 53.7 Å². The summed E-state index contributed by atoms with van der Waals surface area (Å²) in [7, 11) is 3.39. The number of guanidine groups is 1. The molecule has 0 spiro atoms. The van der Waals surface area contributed by atoms with Gasteiger partial charge in [-0.15, -0.1) is 0 Å². The Kier molecular flexibility index (Phi) is 11.5. The Morgan fingerprint density at radius 1 is 1.12 bits per heavy atom. The van der Waals surface area contributed by atoms with Crippen LogP contribution < -0.4 is 15.4 Å². The zero-order valence-electron chi connectivity index (χ0n) is 16.1. The van der Waals surface area contributed by atoms with Crippen LogP contribution in [0.1, 0.15) is 24.5 Å². The number of hydrogen-bond acceptors (Lipinski definition) is 4. The van der Waals surface area contributed by atoms with Gasteiger partial charge in [-0.05, 0) is 38.3 Å². The van der Waals surface area contributed by atoms with E-state index in [9.17, 15) is 0 Å². The molecule has 1 aromatic rings. The highest BCUT2D eigenvalue weighted by atomic mass is 16.5. The minimum absolute atomic E-state index is 0.635. The third kappa shape index (κ3) is 9.31. The summed E-state index contributed by atoms with van der Waals surface area (Å²) in [4.78, 5) is 4.57. The molecule has 25 heavy (non-hydrogen) atoms. The van der Waals surface area contributed by atoms with Gasteiger partial charge in [-0.2, -0.15) is 0 Å². The second-order valence-electron chi connectivity index (χ2n) is 5.71. The normalized spacial score (nSPS) is 11.4. The first-order valence-electron chi connectivity index (χ1n) is 8.93. The van der Waals surface area contributed by atoms with Crippen molar-refractivity contribution >= 4 is 5.96 Å². The molecule has 0 aliphatic rings. The van der Waals surface area contributed by atoms with E-state index in [0.29, 0.717) is 19.8 Å². The molecule has 0 bridgehead atoms. The van der Waals surface area contributed by atoms with Gasteiger partial charge in [0.25, 0.3) is 0 Å². The van der Waals surface area contributed by atoms with Crippen molar-refractivity contribution in [2.45, 2.75) is 26.7 Å². The van der Waals surface area contributed by atoms with E-state index in [2.05, 4.69) is 41.6 Å². The van der Waals surface area contributed by atoms with Crippen LogP contribution in [-0.2, 0) is 15.9 Å². The second kappa shape index (κ2) is 13.5. The van der Waals surface area contributed by atoms with Gasteiger partial charge in [-0.1, -0.05) is 17.7 Å². The van der Waals surface area contributed by atoms with Crippen LogP contribution in [0.15, 0.2) is 23.2 Å². The lowest BCUT2D eigenvalue weighted by atomic mass is 10.1. The van der Waals surface area contributed by atoms with Gasteiger partial charge in [-0.25, -0.2) is 0 Å². The standard InChI is InChI=1S/C19H33N3O3/c1-5-20-19(21-10-6-12-25-14-13-23-3)22-11-9-17-15-16(2)7-8-18(17)24-4/h7-8,15H,5-6,9-14H2,1-4H3,(H2,20,21,22). The smallest absolute Gasteiger partial charge is 0.191 e. The SMILES string of the molecule is CCNC(=NCCCOCCOC)NCCc1cc(C)ccc1OC. The fourth-order valence-corrected chi connectivity index (χ4v) is 2.36. The average molecular weight is 351 g/mol. The summed E-state index contributed by atoms with van der Waals surface area (Å²) >= 11 is 0. The van der Waals surface area contributed by atoms with Gasteiger partial charge in [-0.3, -0.25) is 4.99 Å². The lowest BCUT2D eigenvalue weighted by molar-refractivity contribution is 0.0702.